The second kappa shape index (κ2) is 10.2. The van der Waals surface area contributed by atoms with Crippen molar-refractivity contribution < 1.29 is 17.6 Å². The molecule has 0 spiro atoms. The van der Waals surface area contributed by atoms with Crippen molar-refractivity contribution in [3.05, 3.63) is 96.5 Å². The van der Waals surface area contributed by atoms with Crippen LogP contribution in [0.2, 0.25) is 0 Å². The van der Waals surface area contributed by atoms with Crippen LogP contribution in [0.1, 0.15) is 30.5 Å². The molecule has 1 fully saturated rings. The molecule has 0 aliphatic carbocycles. The zero-order chi connectivity index (χ0) is 26.0. The number of pyridine rings is 1. The Morgan fingerprint density at radius 3 is 2.46 bits per heavy atom. The van der Waals surface area contributed by atoms with Crippen molar-refractivity contribution in [3.63, 3.8) is 0 Å². The topological polar surface area (TPSA) is 96.7 Å². The number of aromatic nitrogens is 1. The van der Waals surface area contributed by atoms with Gasteiger partial charge in [-0.25, -0.2) is 8.42 Å². The van der Waals surface area contributed by atoms with E-state index in [1.54, 1.807) is 18.3 Å². The summed E-state index contributed by atoms with van der Waals surface area (Å²) in [4.78, 5) is 6.54. The number of hydrogen-bond acceptors (Lipinski definition) is 6. The van der Waals surface area contributed by atoms with Gasteiger partial charge in [-0.2, -0.15) is 0 Å². The van der Waals surface area contributed by atoms with Crippen molar-refractivity contribution in [3.8, 4) is 17.1 Å². The van der Waals surface area contributed by atoms with Gasteiger partial charge >= 0.3 is 0 Å². The Hall–Kier alpha value is -3.89. The number of benzene rings is 2. The molecule has 8 nitrogen and oxygen atoms in total. The molecule has 2 aromatic carbocycles. The molecule has 2 aromatic heterocycles. The minimum absolute atomic E-state index is 0.262. The number of anilines is 2. The molecule has 2 atom stereocenters. The molecule has 3 heterocycles. The Bertz CT molecular complexity index is 1490. The largest absolute Gasteiger partial charge is 0.494 e. The average molecular weight is 535 g/mol. The molecule has 190 valence electrons. The van der Waals surface area contributed by atoms with Crippen LogP contribution in [0.4, 0.5) is 11.4 Å². The van der Waals surface area contributed by atoms with Crippen molar-refractivity contribution in [1.29, 1.82) is 0 Å². The van der Waals surface area contributed by atoms with Crippen molar-refractivity contribution in [2.75, 3.05) is 22.5 Å². The Kier molecular flexibility index (Phi) is 6.86. The van der Waals surface area contributed by atoms with E-state index in [2.05, 4.69) is 15.0 Å². The molecular weight excluding hydrogens is 508 g/mol. The van der Waals surface area contributed by atoms with Crippen molar-refractivity contribution in [2.45, 2.75) is 19.0 Å². The van der Waals surface area contributed by atoms with Crippen molar-refractivity contribution >= 4 is 38.7 Å². The summed E-state index contributed by atoms with van der Waals surface area (Å²) in [6.07, 6.45) is 2.87. The van der Waals surface area contributed by atoms with Crippen LogP contribution in [0, 0.1) is 0 Å². The van der Waals surface area contributed by atoms with E-state index in [9.17, 15) is 8.42 Å². The van der Waals surface area contributed by atoms with Crippen LogP contribution in [-0.2, 0) is 10.0 Å². The smallest absolute Gasteiger partial charge is 0.229 e. The van der Waals surface area contributed by atoms with Crippen LogP contribution in [0.15, 0.2) is 89.5 Å². The summed E-state index contributed by atoms with van der Waals surface area (Å²) in [5, 5.41) is 3.91. The lowest BCUT2D eigenvalue weighted by atomic mass is 10.0. The van der Waals surface area contributed by atoms with Gasteiger partial charge in [0.15, 0.2) is 5.11 Å². The number of sulfonamides is 1. The third-order valence-electron chi connectivity index (χ3n) is 5.91. The van der Waals surface area contributed by atoms with E-state index in [4.69, 9.17) is 21.4 Å². The fourth-order valence-electron chi connectivity index (χ4n) is 4.38. The molecule has 4 aromatic rings. The monoisotopic (exact) mass is 534 g/mol. The van der Waals surface area contributed by atoms with Gasteiger partial charge in [-0.3, -0.25) is 9.71 Å². The highest BCUT2D eigenvalue weighted by atomic mass is 32.2. The van der Waals surface area contributed by atoms with E-state index in [0.717, 1.165) is 34.7 Å². The SMILES string of the molecule is CCOc1ccc(-c2ccc([C@@H]3[C@@H](c4ccccn4)NC(=S)N3c3ccc(NS(C)(=O)=O)cc3)o2)cc1. The second-order valence-corrected chi connectivity index (χ2v) is 10.7. The minimum Gasteiger partial charge on any atom is -0.494 e. The lowest BCUT2D eigenvalue weighted by Gasteiger charge is -2.26. The summed E-state index contributed by atoms with van der Waals surface area (Å²) in [6, 6.07) is 23.9. The minimum atomic E-state index is -3.38. The van der Waals surface area contributed by atoms with Gasteiger partial charge in [0.2, 0.25) is 10.0 Å². The fourth-order valence-corrected chi connectivity index (χ4v) is 5.29. The maximum atomic E-state index is 11.6. The molecule has 1 saturated heterocycles. The summed E-state index contributed by atoms with van der Waals surface area (Å²) in [6.45, 7) is 2.56. The van der Waals surface area contributed by atoms with Gasteiger partial charge in [0, 0.05) is 23.1 Å². The van der Waals surface area contributed by atoms with Gasteiger partial charge in [-0.05, 0) is 91.9 Å². The van der Waals surface area contributed by atoms with Crippen molar-refractivity contribution in [2.24, 2.45) is 0 Å². The number of ether oxygens (including phenoxy) is 1. The van der Waals surface area contributed by atoms with E-state index >= 15 is 0 Å². The second-order valence-electron chi connectivity index (χ2n) is 8.58. The fraction of sp³-hybridized carbons (Fsp3) is 0.185. The van der Waals surface area contributed by atoms with E-state index in [1.165, 1.54) is 0 Å². The Morgan fingerprint density at radius 2 is 1.81 bits per heavy atom. The highest BCUT2D eigenvalue weighted by Crippen LogP contribution is 2.43. The highest BCUT2D eigenvalue weighted by molar-refractivity contribution is 7.92. The maximum Gasteiger partial charge on any atom is 0.229 e. The first-order valence-corrected chi connectivity index (χ1v) is 14.0. The van der Waals surface area contributed by atoms with Gasteiger partial charge < -0.3 is 19.4 Å². The molecule has 5 rings (SSSR count). The third kappa shape index (κ3) is 5.45. The molecule has 10 heteroatoms. The predicted octanol–water partition coefficient (Wildman–Crippen LogP) is 5.29. The lowest BCUT2D eigenvalue weighted by Crippen LogP contribution is -2.29. The van der Waals surface area contributed by atoms with Gasteiger partial charge in [0.05, 0.1) is 24.6 Å². The van der Waals surface area contributed by atoms with Crippen LogP contribution >= 0.6 is 12.2 Å². The zero-order valence-corrected chi connectivity index (χ0v) is 21.9. The van der Waals surface area contributed by atoms with E-state index < -0.39 is 10.0 Å². The molecule has 37 heavy (non-hydrogen) atoms. The van der Waals surface area contributed by atoms with Crippen LogP contribution in [0.5, 0.6) is 5.75 Å². The molecule has 0 unspecified atom stereocenters. The summed E-state index contributed by atoms with van der Waals surface area (Å²) in [7, 11) is -3.38. The number of thiocarbonyl (C=S) groups is 1. The number of nitrogens with zero attached hydrogens (tertiary/aromatic N) is 2. The summed E-state index contributed by atoms with van der Waals surface area (Å²) >= 11 is 5.76. The van der Waals surface area contributed by atoms with Crippen molar-refractivity contribution in [1.82, 2.24) is 10.3 Å². The van der Waals surface area contributed by atoms with E-state index in [-0.39, 0.29) is 12.1 Å². The van der Waals surface area contributed by atoms with Gasteiger partial charge in [0.1, 0.15) is 23.3 Å². The number of hydrogen-bond donors (Lipinski definition) is 2. The first-order chi connectivity index (χ1) is 17.8. The van der Waals surface area contributed by atoms with E-state index in [0.29, 0.717) is 23.2 Å². The normalized spacial score (nSPS) is 17.5. The summed E-state index contributed by atoms with van der Waals surface area (Å²) < 4.78 is 37.7. The average Bonchev–Trinajstić information content (AvgIpc) is 3.50. The first-order valence-electron chi connectivity index (χ1n) is 11.7. The molecule has 0 radical (unpaired) electrons. The standard InChI is InChI=1S/C27H26N4O4S2/c1-3-34-21-13-7-18(8-14-21)23-15-16-24(35-23)26-25(22-6-4-5-17-28-22)29-27(36)31(26)20-11-9-19(10-12-20)30-37(2,32)33/h4-17,25-26,30H,3H2,1-2H3,(H,29,36)/t25-,26-/m1/s1. The molecule has 0 amide bonds. The van der Waals surface area contributed by atoms with Crippen LogP contribution in [0.3, 0.4) is 0 Å². The lowest BCUT2D eigenvalue weighted by molar-refractivity contribution is 0.340. The molecule has 0 saturated carbocycles. The quantitative estimate of drug-likeness (QED) is 0.295. The van der Waals surface area contributed by atoms with Crippen LogP contribution in [-0.4, -0.2) is 31.4 Å². The number of nitrogens with one attached hydrogen (secondary N) is 2. The Balaban J connectivity index is 1.51. The van der Waals surface area contributed by atoms with E-state index in [1.807, 2.05) is 78.6 Å². The Morgan fingerprint density at radius 1 is 1.05 bits per heavy atom. The highest BCUT2D eigenvalue weighted by Gasteiger charge is 2.42. The maximum absolute atomic E-state index is 11.6. The number of rotatable bonds is 8. The van der Waals surface area contributed by atoms with Crippen LogP contribution in [0.25, 0.3) is 11.3 Å². The first kappa shape index (κ1) is 24.8. The zero-order valence-electron chi connectivity index (χ0n) is 20.3. The molecule has 1 aliphatic rings. The molecule has 0 bridgehead atoms. The van der Waals surface area contributed by atoms with Gasteiger partial charge in [-0.15, -0.1) is 0 Å². The van der Waals surface area contributed by atoms with Gasteiger partial charge in [0.25, 0.3) is 0 Å². The summed E-state index contributed by atoms with van der Waals surface area (Å²) in [5.41, 5.74) is 3.02. The molecular formula is C27H26N4O4S2. The molecule has 2 N–H and O–H groups in total. The number of furan rings is 1. The Labute approximate surface area is 221 Å². The summed E-state index contributed by atoms with van der Waals surface area (Å²) in [5.74, 6) is 2.24. The van der Waals surface area contributed by atoms with Crippen LogP contribution < -0.4 is 19.7 Å². The predicted molar refractivity (Wildman–Crippen MR) is 148 cm³/mol. The molecule has 1 aliphatic heterocycles. The van der Waals surface area contributed by atoms with Gasteiger partial charge in [-0.1, -0.05) is 6.07 Å². The third-order valence-corrected chi connectivity index (χ3v) is 6.84.